The van der Waals surface area contributed by atoms with Crippen molar-refractivity contribution in [2.24, 2.45) is 5.41 Å². The van der Waals surface area contributed by atoms with Crippen molar-refractivity contribution in [3.63, 3.8) is 0 Å². The molecule has 0 bridgehead atoms. The molecular weight excluding hydrogens is 353 g/mol. The van der Waals surface area contributed by atoms with E-state index in [1.54, 1.807) is 17.0 Å². The molecule has 2 heterocycles. The summed E-state index contributed by atoms with van der Waals surface area (Å²) in [6.07, 6.45) is -3.23. The first kappa shape index (κ1) is 20.0. The average Bonchev–Trinajstić information content (AvgIpc) is 2.81. The normalized spacial score (nSPS) is 23.2. The molecule has 140 valence electrons. The zero-order valence-electron chi connectivity index (χ0n) is 14.4. The van der Waals surface area contributed by atoms with Crippen LogP contribution in [0.15, 0.2) is 24.3 Å². The number of hydrogen-bond donors (Lipinski definition) is 1. The number of nitrogens with zero attached hydrogens (tertiary/aromatic N) is 1. The molecular formula is C18H24ClF3N2O. The quantitative estimate of drug-likeness (QED) is 0.850. The van der Waals surface area contributed by atoms with E-state index >= 15 is 0 Å². The van der Waals surface area contributed by atoms with E-state index in [9.17, 15) is 18.0 Å². The van der Waals surface area contributed by atoms with Crippen LogP contribution in [0.4, 0.5) is 13.2 Å². The Bertz CT molecular complexity index is 627. The van der Waals surface area contributed by atoms with E-state index in [0.29, 0.717) is 32.5 Å². The minimum atomic E-state index is -4.40. The Balaban J connectivity index is 0.00000225. The fourth-order valence-electron chi connectivity index (χ4n) is 4.22. The molecule has 2 fully saturated rings. The van der Waals surface area contributed by atoms with Gasteiger partial charge in [-0.15, -0.1) is 12.4 Å². The summed E-state index contributed by atoms with van der Waals surface area (Å²) in [7, 11) is 0. The summed E-state index contributed by atoms with van der Waals surface area (Å²) < 4.78 is 40.5. The zero-order valence-corrected chi connectivity index (χ0v) is 15.2. The molecule has 3 nitrogen and oxygen atoms in total. The maximum Gasteiger partial charge on any atom is 0.416 e. The third-order valence-corrected chi connectivity index (χ3v) is 5.49. The SMILES string of the molecule is CC(C)N1CC(c2ccccc2C(F)(F)F)C2(CCNCC2)C1=O.Cl. The Kier molecular flexibility index (Phi) is 5.74. The summed E-state index contributed by atoms with van der Waals surface area (Å²) in [5, 5.41) is 3.22. The van der Waals surface area contributed by atoms with Gasteiger partial charge in [-0.1, -0.05) is 18.2 Å². The van der Waals surface area contributed by atoms with Crippen LogP contribution in [0.25, 0.3) is 0 Å². The minimum absolute atomic E-state index is 0. The van der Waals surface area contributed by atoms with E-state index in [0.717, 1.165) is 6.07 Å². The maximum absolute atomic E-state index is 13.5. The fourth-order valence-corrected chi connectivity index (χ4v) is 4.22. The number of hydrogen-bond acceptors (Lipinski definition) is 2. The van der Waals surface area contributed by atoms with Crippen molar-refractivity contribution in [2.75, 3.05) is 19.6 Å². The van der Waals surface area contributed by atoms with Crippen molar-refractivity contribution < 1.29 is 18.0 Å². The molecule has 0 aliphatic carbocycles. The molecule has 2 aliphatic rings. The number of piperidine rings is 1. The highest BCUT2D eigenvalue weighted by Gasteiger charge is 2.56. The lowest BCUT2D eigenvalue weighted by atomic mass is 9.67. The predicted octanol–water partition coefficient (Wildman–Crippen LogP) is 3.83. The van der Waals surface area contributed by atoms with Gasteiger partial charge in [-0.2, -0.15) is 13.2 Å². The third-order valence-electron chi connectivity index (χ3n) is 5.49. The Morgan fingerprint density at radius 2 is 1.80 bits per heavy atom. The summed E-state index contributed by atoms with van der Waals surface area (Å²) in [4.78, 5) is 14.8. The molecule has 0 saturated carbocycles. The van der Waals surface area contributed by atoms with E-state index in [4.69, 9.17) is 0 Å². The topological polar surface area (TPSA) is 32.3 Å². The Morgan fingerprint density at radius 1 is 1.20 bits per heavy atom. The number of halogens is 4. The van der Waals surface area contributed by atoms with Crippen LogP contribution in [0, 0.1) is 5.41 Å². The van der Waals surface area contributed by atoms with Gasteiger partial charge in [0.1, 0.15) is 0 Å². The first-order valence-electron chi connectivity index (χ1n) is 8.45. The summed E-state index contributed by atoms with van der Waals surface area (Å²) in [5.41, 5.74) is -1.05. The van der Waals surface area contributed by atoms with Crippen LogP contribution in [0.3, 0.4) is 0 Å². The van der Waals surface area contributed by atoms with E-state index < -0.39 is 23.1 Å². The zero-order chi connectivity index (χ0) is 17.5. The number of rotatable bonds is 2. The molecule has 1 atom stereocenters. The summed E-state index contributed by atoms with van der Waals surface area (Å²) in [5.74, 6) is -0.395. The average molecular weight is 377 g/mol. The van der Waals surface area contributed by atoms with Gasteiger partial charge in [0.15, 0.2) is 0 Å². The molecule has 3 rings (SSSR count). The number of carbonyl (C=O) groups is 1. The number of carbonyl (C=O) groups excluding carboxylic acids is 1. The molecule has 0 aromatic heterocycles. The van der Waals surface area contributed by atoms with Crippen LogP contribution in [0.2, 0.25) is 0 Å². The molecule has 2 aliphatic heterocycles. The largest absolute Gasteiger partial charge is 0.416 e. The van der Waals surface area contributed by atoms with Gasteiger partial charge < -0.3 is 10.2 Å². The predicted molar refractivity (Wildman–Crippen MR) is 92.8 cm³/mol. The van der Waals surface area contributed by atoms with Crippen LogP contribution >= 0.6 is 12.4 Å². The van der Waals surface area contributed by atoms with Gasteiger partial charge in [0.05, 0.1) is 11.0 Å². The van der Waals surface area contributed by atoms with Gasteiger partial charge >= 0.3 is 6.18 Å². The van der Waals surface area contributed by atoms with Gasteiger partial charge in [-0.3, -0.25) is 4.79 Å². The van der Waals surface area contributed by atoms with Crippen LogP contribution in [-0.2, 0) is 11.0 Å². The molecule has 1 unspecified atom stereocenters. The van der Waals surface area contributed by atoms with Gasteiger partial charge in [-0.05, 0) is 51.4 Å². The standard InChI is InChI=1S/C18H23F3N2O.ClH/c1-12(2)23-11-15(17(16(23)24)7-9-22-10-8-17)13-5-3-4-6-14(13)18(19,20)21;/h3-6,12,15,22H,7-11H2,1-2H3;1H. The van der Waals surface area contributed by atoms with E-state index in [-0.39, 0.29) is 29.9 Å². The highest BCUT2D eigenvalue weighted by molar-refractivity contribution is 5.87. The van der Waals surface area contributed by atoms with E-state index in [1.807, 2.05) is 13.8 Å². The molecule has 0 radical (unpaired) electrons. The van der Waals surface area contributed by atoms with Crippen LogP contribution in [0.5, 0.6) is 0 Å². The number of benzene rings is 1. The molecule has 1 N–H and O–H groups in total. The maximum atomic E-state index is 13.5. The molecule has 1 aromatic carbocycles. The van der Waals surface area contributed by atoms with Crippen LogP contribution in [-0.4, -0.2) is 36.5 Å². The molecule has 1 spiro atoms. The molecule has 25 heavy (non-hydrogen) atoms. The molecule has 2 saturated heterocycles. The number of alkyl halides is 3. The van der Waals surface area contributed by atoms with Crippen molar-refractivity contribution >= 4 is 18.3 Å². The smallest absolute Gasteiger partial charge is 0.339 e. The lowest BCUT2D eigenvalue weighted by molar-refractivity contribution is -0.141. The minimum Gasteiger partial charge on any atom is -0.339 e. The lowest BCUT2D eigenvalue weighted by Crippen LogP contribution is -2.45. The molecule has 7 heteroatoms. The van der Waals surface area contributed by atoms with Crippen molar-refractivity contribution in [3.05, 3.63) is 35.4 Å². The number of likely N-dealkylation sites (tertiary alicyclic amines) is 1. The van der Waals surface area contributed by atoms with Gasteiger partial charge in [0.25, 0.3) is 0 Å². The second-order valence-electron chi connectivity index (χ2n) is 7.09. The van der Waals surface area contributed by atoms with Gasteiger partial charge in [0.2, 0.25) is 5.91 Å². The van der Waals surface area contributed by atoms with Crippen molar-refractivity contribution in [1.29, 1.82) is 0 Å². The van der Waals surface area contributed by atoms with E-state index in [2.05, 4.69) is 5.32 Å². The Morgan fingerprint density at radius 3 is 2.36 bits per heavy atom. The number of nitrogens with one attached hydrogen (secondary N) is 1. The van der Waals surface area contributed by atoms with Crippen molar-refractivity contribution in [1.82, 2.24) is 10.2 Å². The first-order chi connectivity index (χ1) is 11.3. The van der Waals surface area contributed by atoms with Crippen LogP contribution < -0.4 is 5.32 Å². The monoisotopic (exact) mass is 376 g/mol. The first-order valence-corrected chi connectivity index (χ1v) is 8.45. The van der Waals surface area contributed by atoms with E-state index in [1.165, 1.54) is 6.07 Å². The molecule has 1 aromatic rings. The summed E-state index contributed by atoms with van der Waals surface area (Å²) >= 11 is 0. The van der Waals surface area contributed by atoms with Gasteiger partial charge in [-0.25, -0.2) is 0 Å². The van der Waals surface area contributed by atoms with Gasteiger partial charge in [0, 0.05) is 18.5 Å². The second kappa shape index (κ2) is 7.16. The summed E-state index contributed by atoms with van der Waals surface area (Å²) in [6, 6.07) is 5.73. The highest BCUT2D eigenvalue weighted by Crippen LogP contribution is 2.52. The second-order valence-corrected chi connectivity index (χ2v) is 7.09. The Labute approximate surface area is 152 Å². The van der Waals surface area contributed by atoms with Crippen molar-refractivity contribution in [3.8, 4) is 0 Å². The number of amides is 1. The Hall–Kier alpha value is -1.27. The fraction of sp³-hybridized carbons (Fsp3) is 0.611. The van der Waals surface area contributed by atoms with Crippen LogP contribution in [0.1, 0.15) is 43.7 Å². The highest BCUT2D eigenvalue weighted by atomic mass is 35.5. The van der Waals surface area contributed by atoms with Crippen molar-refractivity contribution in [2.45, 2.75) is 44.8 Å². The third kappa shape index (κ3) is 3.38. The lowest BCUT2D eigenvalue weighted by Gasteiger charge is -2.37. The molecule has 1 amide bonds. The summed E-state index contributed by atoms with van der Waals surface area (Å²) in [6.45, 7) is 5.55.